The van der Waals surface area contributed by atoms with Gasteiger partial charge in [-0.05, 0) is 36.8 Å². The number of para-hydroxylation sites is 1. The minimum absolute atomic E-state index is 0.0190. The van der Waals surface area contributed by atoms with Gasteiger partial charge in [-0.2, -0.15) is 5.26 Å². The van der Waals surface area contributed by atoms with Crippen molar-refractivity contribution < 1.29 is 14.2 Å². The first-order valence-corrected chi connectivity index (χ1v) is 9.17. The van der Waals surface area contributed by atoms with Crippen LogP contribution >= 0.6 is 0 Å². The Kier molecular flexibility index (Phi) is 4.84. The Morgan fingerprint density at radius 3 is 2.48 bits per heavy atom. The summed E-state index contributed by atoms with van der Waals surface area (Å²) in [7, 11) is 0. The van der Waals surface area contributed by atoms with E-state index in [1.54, 1.807) is 0 Å². The number of rotatable bonds is 4. The standard InChI is InChI=1S/C24H17FN2O2/c1-2-29-22-6-4-3-5-18(22)15-7-9-16(10-8-15)23-20(14-26)24(28)19-13-17(25)11-12-21(19)27-23/h3-13H,2H2,1H3,(H,27,28). The fourth-order valence-corrected chi connectivity index (χ4v) is 3.33. The Bertz CT molecular complexity index is 1240. The summed E-state index contributed by atoms with van der Waals surface area (Å²) in [6.07, 6.45) is 0. The van der Waals surface area contributed by atoms with Crippen LogP contribution in [0.4, 0.5) is 4.39 Å². The summed E-state index contributed by atoms with van der Waals surface area (Å²) in [6.45, 7) is 2.51. The SMILES string of the molecule is CCOc1ccccc1-c1ccc(-c2nc3ccc(F)cc3c(O)c2C#N)cc1. The zero-order chi connectivity index (χ0) is 20.4. The van der Waals surface area contributed by atoms with Gasteiger partial charge in [-0.3, -0.25) is 0 Å². The van der Waals surface area contributed by atoms with Crippen molar-refractivity contribution in [3.05, 3.63) is 78.1 Å². The number of nitriles is 1. The van der Waals surface area contributed by atoms with Crippen LogP contribution in [0, 0.1) is 17.1 Å². The summed E-state index contributed by atoms with van der Waals surface area (Å²) in [5.41, 5.74) is 3.40. The molecule has 0 bridgehead atoms. The second-order valence-electron chi connectivity index (χ2n) is 6.46. The molecule has 1 N–H and O–H groups in total. The molecule has 0 atom stereocenters. The molecule has 0 aliphatic heterocycles. The monoisotopic (exact) mass is 384 g/mol. The maximum atomic E-state index is 13.5. The molecular weight excluding hydrogens is 367 g/mol. The second kappa shape index (κ2) is 7.61. The lowest BCUT2D eigenvalue weighted by atomic mass is 9.99. The van der Waals surface area contributed by atoms with E-state index in [4.69, 9.17) is 4.74 Å². The van der Waals surface area contributed by atoms with Gasteiger partial charge in [-0.25, -0.2) is 9.37 Å². The number of ether oxygens (including phenoxy) is 1. The lowest BCUT2D eigenvalue weighted by Crippen LogP contribution is -1.95. The molecule has 3 aromatic carbocycles. The van der Waals surface area contributed by atoms with Crippen molar-refractivity contribution in [3.8, 4) is 40.0 Å². The molecule has 29 heavy (non-hydrogen) atoms. The predicted molar refractivity (Wildman–Crippen MR) is 110 cm³/mol. The van der Waals surface area contributed by atoms with E-state index in [1.165, 1.54) is 18.2 Å². The third-order valence-corrected chi connectivity index (χ3v) is 4.69. The second-order valence-corrected chi connectivity index (χ2v) is 6.46. The molecular formula is C24H17FN2O2. The molecule has 4 nitrogen and oxygen atoms in total. The molecule has 1 aromatic heterocycles. The summed E-state index contributed by atoms with van der Waals surface area (Å²) in [5, 5.41) is 20.3. The summed E-state index contributed by atoms with van der Waals surface area (Å²) >= 11 is 0. The Hall–Kier alpha value is -3.91. The van der Waals surface area contributed by atoms with E-state index in [2.05, 4.69) is 4.98 Å². The molecule has 4 aromatic rings. The molecule has 142 valence electrons. The molecule has 0 spiro atoms. The predicted octanol–water partition coefficient (Wildman–Crippen LogP) is 5.68. The van der Waals surface area contributed by atoms with E-state index in [9.17, 15) is 14.8 Å². The molecule has 0 saturated carbocycles. The van der Waals surface area contributed by atoms with Gasteiger partial charge in [0.05, 0.1) is 17.8 Å². The highest BCUT2D eigenvalue weighted by molar-refractivity contribution is 5.91. The molecule has 0 unspecified atom stereocenters. The van der Waals surface area contributed by atoms with Gasteiger partial charge in [0.1, 0.15) is 28.9 Å². The van der Waals surface area contributed by atoms with Gasteiger partial charge < -0.3 is 9.84 Å². The van der Waals surface area contributed by atoms with Crippen LogP contribution < -0.4 is 4.74 Å². The van der Waals surface area contributed by atoms with Crippen LogP contribution in [-0.2, 0) is 0 Å². The number of halogens is 1. The van der Waals surface area contributed by atoms with Crippen LogP contribution in [0.25, 0.3) is 33.3 Å². The van der Waals surface area contributed by atoms with Crippen molar-refractivity contribution in [2.75, 3.05) is 6.61 Å². The third kappa shape index (κ3) is 3.37. The fraction of sp³-hybridized carbons (Fsp3) is 0.0833. The molecule has 0 fully saturated rings. The van der Waals surface area contributed by atoms with Crippen LogP contribution in [0.15, 0.2) is 66.7 Å². The largest absolute Gasteiger partial charge is 0.506 e. The lowest BCUT2D eigenvalue weighted by Gasteiger charge is -2.12. The van der Waals surface area contributed by atoms with E-state index in [1.807, 2.05) is 61.5 Å². The number of pyridine rings is 1. The van der Waals surface area contributed by atoms with Gasteiger partial charge in [0.2, 0.25) is 0 Å². The Labute approximate surface area is 167 Å². The zero-order valence-electron chi connectivity index (χ0n) is 15.7. The number of hydrogen-bond donors (Lipinski definition) is 1. The van der Waals surface area contributed by atoms with Crippen molar-refractivity contribution in [3.63, 3.8) is 0 Å². The number of aromatic nitrogens is 1. The molecule has 0 amide bonds. The Morgan fingerprint density at radius 1 is 1.03 bits per heavy atom. The molecule has 0 radical (unpaired) electrons. The lowest BCUT2D eigenvalue weighted by molar-refractivity contribution is 0.341. The van der Waals surface area contributed by atoms with Gasteiger partial charge >= 0.3 is 0 Å². The summed E-state index contributed by atoms with van der Waals surface area (Å²) in [4.78, 5) is 4.49. The molecule has 0 aliphatic carbocycles. The average Bonchev–Trinajstić information content (AvgIpc) is 2.75. The normalized spacial score (nSPS) is 10.7. The Balaban J connectivity index is 1.82. The van der Waals surface area contributed by atoms with Crippen molar-refractivity contribution in [2.24, 2.45) is 0 Å². The highest BCUT2D eigenvalue weighted by Gasteiger charge is 2.17. The van der Waals surface area contributed by atoms with Crippen molar-refractivity contribution >= 4 is 10.9 Å². The van der Waals surface area contributed by atoms with Crippen molar-refractivity contribution in [2.45, 2.75) is 6.92 Å². The van der Waals surface area contributed by atoms with Crippen LogP contribution in [0.2, 0.25) is 0 Å². The van der Waals surface area contributed by atoms with Gasteiger partial charge in [0, 0.05) is 16.5 Å². The number of fused-ring (bicyclic) bond motifs is 1. The molecule has 4 rings (SSSR count). The minimum atomic E-state index is -0.497. The highest BCUT2D eigenvalue weighted by atomic mass is 19.1. The van der Waals surface area contributed by atoms with E-state index in [0.717, 1.165) is 16.9 Å². The summed E-state index contributed by atoms with van der Waals surface area (Å²) in [6, 6.07) is 21.2. The van der Waals surface area contributed by atoms with Gasteiger partial charge in [-0.1, -0.05) is 42.5 Å². The average molecular weight is 384 g/mol. The first kappa shape index (κ1) is 18.5. The van der Waals surface area contributed by atoms with E-state index in [-0.39, 0.29) is 16.7 Å². The first-order valence-electron chi connectivity index (χ1n) is 9.17. The van der Waals surface area contributed by atoms with E-state index < -0.39 is 5.82 Å². The quantitative estimate of drug-likeness (QED) is 0.491. The summed E-state index contributed by atoms with van der Waals surface area (Å²) < 4.78 is 19.2. The maximum absolute atomic E-state index is 13.5. The molecule has 0 saturated heterocycles. The van der Waals surface area contributed by atoms with Gasteiger partial charge in [-0.15, -0.1) is 0 Å². The first-order chi connectivity index (χ1) is 14.1. The third-order valence-electron chi connectivity index (χ3n) is 4.69. The number of benzene rings is 3. The number of hydrogen-bond acceptors (Lipinski definition) is 4. The minimum Gasteiger partial charge on any atom is -0.506 e. The van der Waals surface area contributed by atoms with E-state index in [0.29, 0.717) is 23.4 Å². The topological polar surface area (TPSA) is 66.1 Å². The van der Waals surface area contributed by atoms with Gasteiger partial charge in [0.25, 0.3) is 0 Å². The zero-order valence-corrected chi connectivity index (χ0v) is 15.7. The van der Waals surface area contributed by atoms with Gasteiger partial charge in [0.15, 0.2) is 0 Å². The van der Waals surface area contributed by atoms with Crippen molar-refractivity contribution in [1.82, 2.24) is 4.98 Å². The Morgan fingerprint density at radius 2 is 1.76 bits per heavy atom. The molecule has 5 heteroatoms. The fourth-order valence-electron chi connectivity index (χ4n) is 3.33. The van der Waals surface area contributed by atoms with Crippen LogP contribution in [-0.4, -0.2) is 16.7 Å². The highest BCUT2D eigenvalue weighted by Crippen LogP contribution is 2.36. The van der Waals surface area contributed by atoms with Crippen LogP contribution in [0.3, 0.4) is 0 Å². The van der Waals surface area contributed by atoms with Crippen molar-refractivity contribution in [1.29, 1.82) is 5.26 Å². The maximum Gasteiger partial charge on any atom is 0.145 e. The van der Waals surface area contributed by atoms with Crippen LogP contribution in [0.1, 0.15) is 12.5 Å². The van der Waals surface area contributed by atoms with Crippen LogP contribution in [0.5, 0.6) is 11.5 Å². The summed E-state index contributed by atoms with van der Waals surface area (Å²) in [5.74, 6) is 0.0327. The number of nitrogens with zero attached hydrogens (tertiary/aromatic N) is 2. The molecule has 0 aliphatic rings. The number of aromatic hydroxyl groups is 1. The molecule has 1 heterocycles. The van der Waals surface area contributed by atoms with E-state index >= 15 is 0 Å². The smallest absolute Gasteiger partial charge is 0.145 e.